The van der Waals surface area contributed by atoms with E-state index in [-0.39, 0.29) is 17.5 Å². The van der Waals surface area contributed by atoms with Crippen molar-refractivity contribution in [2.24, 2.45) is 0 Å². The molecule has 1 aliphatic heterocycles. The number of imide groups is 1. The normalized spacial score (nSPS) is 14.0. The summed E-state index contributed by atoms with van der Waals surface area (Å²) >= 11 is 0. The molecule has 0 aromatic heterocycles. The van der Waals surface area contributed by atoms with Gasteiger partial charge in [0.05, 0.1) is 12.2 Å². The fraction of sp³-hybridized carbons (Fsp3) is 0.273. The Bertz CT molecular complexity index is 860. The molecule has 1 N–H and O–H groups in total. The molecule has 0 saturated carbocycles. The van der Waals surface area contributed by atoms with Crippen molar-refractivity contribution < 1.29 is 19.1 Å². The maximum atomic E-state index is 13.1. The largest absolute Gasteiger partial charge is 0.494 e. The first kappa shape index (κ1) is 19.6. The first-order valence-corrected chi connectivity index (χ1v) is 9.30. The van der Waals surface area contributed by atoms with Crippen molar-refractivity contribution in [3.05, 3.63) is 65.9 Å². The molecular formula is C22H24N2O4. The predicted molar refractivity (Wildman–Crippen MR) is 108 cm³/mol. The average molecular weight is 380 g/mol. The summed E-state index contributed by atoms with van der Waals surface area (Å²) in [5.41, 5.74) is 2.09. The SMILES string of the molecule is CCOc1ccc(C2=C(Nc3ccccc3)C(=O)N(CCCOC)C2=O)cc1. The Morgan fingerprint density at radius 1 is 0.964 bits per heavy atom. The number of nitrogens with zero attached hydrogens (tertiary/aromatic N) is 1. The van der Waals surface area contributed by atoms with Crippen molar-refractivity contribution in [1.82, 2.24) is 4.90 Å². The second kappa shape index (κ2) is 9.19. The zero-order valence-electron chi connectivity index (χ0n) is 16.1. The topological polar surface area (TPSA) is 67.9 Å². The Hall–Kier alpha value is -3.12. The van der Waals surface area contributed by atoms with E-state index in [9.17, 15) is 9.59 Å². The van der Waals surface area contributed by atoms with Crippen molar-refractivity contribution in [1.29, 1.82) is 0 Å². The highest BCUT2D eigenvalue weighted by atomic mass is 16.5. The molecule has 3 rings (SSSR count). The minimum absolute atomic E-state index is 0.290. The molecule has 0 unspecified atom stereocenters. The van der Waals surface area contributed by atoms with Crippen LogP contribution in [0.4, 0.5) is 5.69 Å². The van der Waals surface area contributed by atoms with E-state index >= 15 is 0 Å². The molecule has 2 aromatic carbocycles. The second-order valence-corrected chi connectivity index (χ2v) is 6.31. The number of nitrogens with one attached hydrogen (secondary N) is 1. The van der Waals surface area contributed by atoms with E-state index in [1.807, 2.05) is 37.3 Å². The van der Waals surface area contributed by atoms with E-state index in [1.165, 1.54) is 4.90 Å². The Morgan fingerprint density at radius 3 is 2.32 bits per heavy atom. The van der Waals surface area contributed by atoms with Gasteiger partial charge in [-0.3, -0.25) is 14.5 Å². The average Bonchev–Trinajstić information content (AvgIpc) is 2.94. The summed E-state index contributed by atoms with van der Waals surface area (Å²) in [7, 11) is 1.60. The summed E-state index contributed by atoms with van der Waals surface area (Å²) < 4.78 is 10.5. The standard InChI is InChI=1S/C22H24N2O4/c1-3-28-18-12-10-16(11-13-18)19-20(23-17-8-5-4-6-9-17)22(26)24(21(19)25)14-7-15-27-2/h4-6,8-13,23H,3,7,14-15H2,1-2H3. The second-order valence-electron chi connectivity index (χ2n) is 6.31. The zero-order valence-corrected chi connectivity index (χ0v) is 16.1. The number of amides is 2. The molecule has 1 heterocycles. The Labute approximate surface area is 164 Å². The molecule has 28 heavy (non-hydrogen) atoms. The van der Waals surface area contributed by atoms with Crippen molar-refractivity contribution in [3.63, 3.8) is 0 Å². The van der Waals surface area contributed by atoms with Gasteiger partial charge in [0.25, 0.3) is 11.8 Å². The van der Waals surface area contributed by atoms with Crippen LogP contribution < -0.4 is 10.1 Å². The van der Waals surface area contributed by atoms with E-state index in [0.717, 1.165) is 11.4 Å². The van der Waals surface area contributed by atoms with Gasteiger partial charge in [-0.05, 0) is 43.2 Å². The number of para-hydroxylation sites is 1. The number of methoxy groups -OCH3 is 1. The van der Waals surface area contributed by atoms with E-state index < -0.39 is 0 Å². The number of ether oxygens (including phenoxy) is 2. The first-order valence-electron chi connectivity index (χ1n) is 9.30. The third-order valence-electron chi connectivity index (χ3n) is 4.40. The summed E-state index contributed by atoms with van der Waals surface area (Å²) in [5, 5.41) is 3.13. The van der Waals surface area contributed by atoms with Crippen LogP contribution in [0.25, 0.3) is 5.57 Å². The van der Waals surface area contributed by atoms with Crippen LogP contribution in [0.1, 0.15) is 18.9 Å². The van der Waals surface area contributed by atoms with E-state index in [0.29, 0.717) is 37.3 Å². The molecule has 2 aromatic rings. The number of hydrogen-bond donors (Lipinski definition) is 1. The van der Waals surface area contributed by atoms with Crippen LogP contribution in [-0.2, 0) is 14.3 Å². The van der Waals surface area contributed by atoms with Crippen molar-refractivity contribution in [2.45, 2.75) is 13.3 Å². The molecule has 0 bridgehead atoms. The molecule has 6 heteroatoms. The number of hydrogen-bond acceptors (Lipinski definition) is 5. The molecule has 0 saturated heterocycles. The van der Waals surface area contributed by atoms with Gasteiger partial charge in [0, 0.05) is 25.9 Å². The summed E-state index contributed by atoms with van der Waals surface area (Å²) in [6.45, 7) is 3.27. The minimum Gasteiger partial charge on any atom is -0.494 e. The first-order chi connectivity index (χ1) is 13.7. The molecule has 2 amide bonds. The molecule has 0 radical (unpaired) electrons. The van der Waals surface area contributed by atoms with Crippen LogP contribution in [0.15, 0.2) is 60.3 Å². The van der Waals surface area contributed by atoms with Crippen LogP contribution in [0, 0.1) is 0 Å². The van der Waals surface area contributed by atoms with E-state index in [4.69, 9.17) is 9.47 Å². The molecule has 0 spiro atoms. The van der Waals surface area contributed by atoms with Gasteiger partial charge < -0.3 is 14.8 Å². The van der Waals surface area contributed by atoms with Gasteiger partial charge >= 0.3 is 0 Å². The van der Waals surface area contributed by atoms with Gasteiger partial charge in [0.15, 0.2) is 0 Å². The monoisotopic (exact) mass is 380 g/mol. The Balaban J connectivity index is 1.95. The fourth-order valence-electron chi connectivity index (χ4n) is 3.08. The number of benzene rings is 2. The number of carbonyl (C=O) groups is 2. The van der Waals surface area contributed by atoms with Crippen LogP contribution in [0.3, 0.4) is 0 Å². The molecule has 1 aliphatic rings. The lowest BCUT2D eigenvalue weighted by molar-refractivity contribution is -0.136. The van der Waals surface area contributed by atoms with Crippen molar-refractivity contribution >= 4 is 23.1 Å². The molecule has 0 aliphatic carbocycles. The summed E-state index contributed by atoms with van der Waals surface area (Å²) in [6, 6.07) is 16.6. The van der Waals surface area contributed by atoms with E-state index in [2.05, 4.69) is 5.32 Å². The predicted octanol–water partition coefficient (Wildman–Crippen LogP) is 3.31. The third-order valence-corrected chi connectivity index (χ3v) is 4.40. The maximum absolute atomic E-state index is 13.1. The summed E-state index contributed by atoms with van der Waals surface area (Å²) in [4.78, 5) is 27.3. The van der Waals surface area contributed by atoms with Gasteiger partial charge in [-0.25, -0.2) is 0 Å². The quantitative estimate of drug-likeness (QED) is 0.534. The highest BCUT2D eigenvalue weighted by Crippen LogP contribution is 2.31. The van der Waals surface area contributed by atoms with Gasteiger partial charge in [-0.15, -0.1) is 0 Å². The highest BCUT2D eigenvalue weighted by molar-refractivity contribution is 6.36. The maximum Gasteiger partial charge on any atom is 0.278 e. The molecule has 6 nitrogen and oxygen atoms in total. The smallest absolute Gasteiger partial charge is 0.278 e. The van der Waals surface area contributed by atoms with Gasteiger partial charge in [0.2, 0.25) is 0 Å². The summed E-state index contributed by atoms with van der Waals surface area (Å²) in [5.74, 6) is 0.0932. The Kier molecular flexibility index (Phi) is 6.45. The lowest BCUT2D eigenvalue weighted by atomic mass is 10.0. The Morgan fingerprint density at radius 2 is 1.68 bits per heavy atom. The lowest BCUT2D eigenvalue weighted by Crippen LogP contribution is -2.33. The van der Waals surface area contributed by atoms with Crippen LogP contribution in [0.2, 0.25) is 0 Å². The number of anilines is 1. The van der Waals surface area contributed by atoms with Gasteiger partial charge in [-0.2, -0.15) is 0 Å². The fourth-order valence-corrected chi connectivity index (χ4v) is 3.08. The minimum atomic E-state index is -0.325. The van der Waals surface area contributed by atoms with Crippen LogP contribution >= 0.6 is 0 Å². The van der Waals surface area contributed by atoms with Crippen LogP contribution in [-0.4, -0.2) is 43.6 Å². The molecule has 0 atom stereocenters. The van der Waals surface area contributed by atoms with E-state index in [1.54, 1.807) is 31.4 Å². The van der Waals surface area contributed by atoms with Crippen molar-refractivity contribution in [3.8, 4) is 5.75 Å². The van der Waals surface area contributed by atoms with Gasteiger partial charge in [-0.1, -0.05) is 30.3 Å². The zero-order chi connectivity index (χ0) is 19.9. The van der Waals surface area contributed by atoms with Crippen molar-refractivity contribution in [2.75, 3.05) is 32.2 Å². The number of rotatable bonds is 9. The highest BCUT2D eigenvalue weighted by Gasteiger charge is 2.38. The molecule has 146 valence electrons. The molecule has 0 fully saturated rings. The lowest BCUT2D eigenvalue weighted by Gasteiger charge is -2.15. The molecular weight excluding hydrogens is 356 g/mol. The summed E-state index contributed by atoms with van der Waals surface area (Å²) in [6.07, 6.45) is 0.586. The van der Waals surface area contributed by atoms with Gasteiger partial charge in [0.1, 0.15) is 11.4 Å². The third kappa shape index (κ3) is 4.23. The number of carbonyl (C=O) groups excluding carboxylic acids is 2. The van der Waals surface area contributed by atoms with Crippen LogP contribution in [0.5, 0.6) is 5.75 Å².